The minimum atomic E-state index is -1.12. The van der Waals surface area contributed by atoms with Gasteiger partial charge in [0.05, 0.1) is 0 Å². The van der Waals surface area contributed by atoms with Gasteiger partial charge in [0.1, 0.15) is 18.2 Å². The summed E-state index contributed by atoms with van der Waals surface area (Å²) in [4.78, 5) is 40.1. The monoisotopic (exact) mass is 476 g/mol. The van der Waals surface area contributed by atoms with Gasteiger partial charge in [0.15, 0.2) is 0 Å². The molecule has 35 heavy (non-hydrogen) atoms. The molecule has 7 heteroatoms. The molecule has 2 aliphatic carbocycles. The van der Waals surface area contributed by atoms with Crippen LogP contribution in [-0.2, 0) is 14.3 Å². The van der Waals surface area contributed by atoms with E-state index < -0.39 is 29.1 Å². The summed E-state index contributed by atoms with van der Waals surface area (Å²) in [5.41, 5.74) is 2.76. The van der Waals surface area contributed by atoms with Gasteiger partial charge < -0.3 is 20.1 Å². The van der Waals surface area contributed by atoms with Gasteiger partial charge >= 0.3 is 12.1 Å². The number of nitrogens with zero attached hydrogens (tertiary/aromatic N) is 1. The SMILES string of the molecule is CC(C)(C)[C@@H](NC(=O)OCC1c2ccccc2-c2ccccc21)C(=O)N1CCC[C@H]2C[C@]21C(=O)O. The number of amides is 2. The second kappa shape index (κ2) is 8.40. The molecule has 0 bridgehead atoms. The van der Waals surface area contributed by atoms with E-state index in [4.69, 9.17) is 4.74 Å². The van der Waals surface area contributed by atoms with Crippen LogP contribution < -0.4 is 5.32 Å². The number of benzene rings is 2. The molecule has 2 fully saturated rings. The second-order valence-electron chi connectivity index (χ2n) is 11.0. The van der Waals surface area contributed by atoms with Crippen molar-refractivity contribution in [3.8, 4) is 11.1 Å². The first kappa shape index (κ1) is 23.4. The van der Waals surface area contributed by atoms with E-state index in [0.717, 1.165) is 35.1 Å². The third-order valence-electron chi connectivity index (χ3n) is 7.84. The molecule has 2 aromatic carbocycles. The number of alkyl carbamates (subject to hydrolysis) is 1. The van der Waals surface area contributed by atoms with E-state index in [9.17, 15) is 19.5 Å². The summed E-state index contributed by atoms with van der Waals surface area (Å²) in [5.74, 6) is -1.39. The maximum Gasteiger partial charge on any atom is 0.407 e. The van der Waals surface area contributed by atoms with E-state index in [0.29, 0.717) is 13.0 Å². The molecule has 0 spiro atoms. The van der Waals surface area contributed by atoms with Gasteiger partial charge in [-0.05, 0) is 52.8 Å². The van der Waals surface area contributed by atoms with Gasteiger partial charge in [-0.15, -0.1) is 0 Å². The maximum atomic E-state index is 13.6. The Morgan fingerprint density at radius 1 is 1.09 bits per heavy atom. The van der Waals surface area contributed by atoms with Crippen LogP contribution >= 0.6 is 0 Å². The number of carboxylic acid groups (broad SMARTS) is 1. The number of carbonyl (C=O) groups excluding carboxylic acids is 2. The number of carboxylic acids is 1. The van der Waals surface area contributed by atoms with Gasteiger partial charge in [-0.25, -0.2) is 9.59 Å². The van der Waals surface area contributed by atoms with E-state index in [2.05, 4.69) is 29.6 Å². The lowest BCUT2D eigenvalue weighted by molar-refractivity contribution is -0.156. The first-order valence-electron chi connectivity index (χ1n) is 12.3. The van der Waals surface area contributed by atoms with Crippen molar-refractivity contribution in [2.45, 2.75) is 57.5 Å². The first-order valence-corrected chi connectivity index (χ1v) is 12.3. The lowest BCUT2D eigenvalue weighted by Crippen LogP contribution is -2.60. The van der Waals surface area contributed by atoms with Gasteiger partial charge in [-0.1, -0.05) is 69.3 Å². The fourth-order valence-corrected chi connectivity index (χ4v) is 5.93. The fourth-order valence-electron chi connectivity index (χ4n) is 5.93. The van der Waals surface area contributed by atoms with Crippen LogP contribution in [0.3, 0.4) is 0 Å². The van der Waals surface area contributed by atoms with E-state index in [1.54, 1.807) is 0 Å². The van der Waals surface area contributed by atoms with Crippen molar-refractivity contribution >= 4 is 18.0 Å². The molecular weight excluding hydrogens is 444 g/mol. The molecule has 0 aromatic heterocycles. The second-order valence-corrected chi connectivity index (χ2v) is 11.0. The summed E-state index contributed by atoms with van der Waals surface area (Å²) in [7, 11) is 0. The summed E-state index contributed by atoms with van der Waals surface area (Å²) < 4.78 is 5.68. The molecule has 0 unspecified atom stereocenters. The van der Waals surface area contributed by atoms with Crippen molar-refractivity contribution in [3.63, 3.8) is 0 Å². The number of hydrogen-bond acceptors (Lipinski definition) is 4. The maximum absolute atomic E-state index is 13.6. The van der Waals surface area contributed by atoms with Crippen molar-refractivity contribution in [1.82, 2.24) is 10.2 Å². The Bertz CT molecular complexity index is 1140. The van der Waals surface area contributed by atoms with Gasteiger partial charge in [0.25, 0.3) is 0 Å². The molecule has 184 valence electrons. The number of carbonyl (C=O) groups is 3. The average Bonchev–Trinajstić information content (AvgIpc) is 3.51. The molecule has 1 saturated carbocycles. The number of fused-ring (bicyclic) bond motifs is 4. The minimum absolute atomic E-state index is 0.00669. The van der Waals surface area contributed by atoms with Crippen molar-refractivity contribution in [2.75, 3.05) is 13.2 Å². The number of likely N-dealkylation sites (tertiary alicyclic amines) is 1. The van der Waals surface area contributed by atoms with E-state index in [1.165, 1.54) is 4.90 Å². The number of rotatable bonds is 5. The van der Waals surface area contributed by atoms with E-state index in [-0.39, 0.29) is 24.3 Å². The van der Waals surface area contributed by atoms with Crippen LogP contribution in [0.2, 0.25) is 0 Å². The molecule has 7 nitrogen and oxygen atoms in total. The molecule has 1 aliphatic heterocycles. The largest absolute Gasteiger partial charge is 0.479 e. The number of nitrogens with one attached hydrogen (secondary N) is 1. The highest BCUT2D eigenvalue weighted by molar-refractivity contribution is 5.94. The van der Waals surface area contributed by atoms with Gasteiger partial charge in [-0.2, -0.15) is 0 Å². The Labute approximate surface area is 205 Å². The topological polar surface area (TPSA) is 95.9 Å². The number of aliphatic carboxylic acids is 1. The van der Waals surface area contributed by atoms with Crippen LogP contribution in [0.4, 0.5) is 4.79 Å². The predicted octanol–water partition coefficient (Wildman–Crippen LogP) is 4.41. The quantitative estimate of drug-likeness (QED) is 0.667. The molecule has 1 saturated heterocycles. The Balaban J connectivity index is 1.31. The van der Waals surface area contributed by atoms with Crippen molar-refractivity contribution in [3.05, 3.63) is 59.7 Å². The lowest BCUT2D eigenvalue weighted by Gasteiger charge is -2.39. The Hall–Kier alpha value is -3.35. The van der Waals surface area contributed by atoms with E-state index in [1.807, 2.05) is 45.0 Å². The van der Waals surface area contributed by atoms with Crippen molar-refractivity contribution in [2.24, 2.45) is 11.3 Å². The molecular formula is C28H32N2O5. The molecule has 3 atom stereocenters. The average molecular weight is 477 g/mol. The minimum Gasteiger partial charge on any atom is -0.479 e. The zero-order valence-corrected chi connectivity index (χ0v) is 20.4. The normalized spacial score (nSPS) is 23.5. The standard InChI is InChI=1S/C28H32N2O5/c1-27(2,3)23(24(31)30-14-8-9-17-15-28(17,30)25(32)33)29-26(34)35-16-22-20-12-6-4-10-18(20)19-11-5-7-13-21(19)22/h4-7,10-13,17,22-23H,8-9,14-16H2,1-3H3,(H,29,34)(H,32,33)/t17-,23-,28+/m0/s1. The zero-order valence-electron chi connectivity index (χ0n) is 20.4. The third-order valence-corrected chi connectivity index (χ3v) is 7.84. The molecule has 2 aromatic rings. The lowest BCUT2D eigenvalue weighted by atomic mass is 9.85. The summed E-state index contributed by atoms with van der Waals surface area (Å²) >= 11 is 0. The van der Waals surface area contributed by atoms with Gasteiger partial charge in [0, 0.05) is 12.5 Å². The van der Waals surface area contributed by atoms with E-state index >= 15 is 0 Å². The summed E-state index contributed by atoms with van der Waals surface area (Å²) in [6, 6.07) is 15.3. The van der Waals surface area contributed by atoms with Crippen LogP contribution in [0.25, 0.3) is 11.1 Å². The molecule has 2 N–H and O–H groups in total. The summed E-state index contributed by atoms with van der Waals surface area (Å²) in [6.45, 7) is 6.12. The van der Waals surface area contributed by atoms with Crippen LogP contribution in [0.5, 0.6) is 0 Å². The number of hydrogen-bond donors (Lipinski definition) is 2. The smallest absolute Gasteiger partial charge is 0.407 e. The first-order chi connectivity index (χ1) is 16.6. The molecule has 1 heterocycles. The fraction of sp³-hybridized carbons (Fsp3) is 0.464. The number of piperidine rings is 1. The van der Waals surface area contributed by atoms with Crippen molar-refractivity contribution in [1.29, 1.82) is 0 Å². The summed E-state index contributed by atoms with van der Waals surface area (Å²) in [6.07, 6.45) is 1.40. The predicted molar refractivity (Wildman–Crippen MR) is 131 cm³/mol. The molecule has 0 radical (unpaired) electrons. The Morgan fingerprint density at radius 2 is 1.69 bits per heavy atom. The molecule has 2 amide bonds. The Morgan fingerprint density at radius 3 is 2.26 bits per heavy atom. The van der Waals surface area contributed by atoms with Crippen LogP contribution in [-0.4, -0.2) is 52.7 Å². The number of ether oxygens (including phenoxy) is 1. The summed E-state index contributed by atoms with van der Waals surface area (Å²) in [5, 5.41) is 12.7. The Kier molecular flexibility index (Phi) is 5.61. The van der Waals surface area contributed by atoms with Crippen LogP contribution in [0.1, 0.15) is 57.1 Å². The van der Waals surface area contributed by atoms with Crippen molar-refractivity contribution < 1.29 is 24.2 Å². The van der Waals surface area contributed by atoms with Gasteiger partial charge in [-0.3, -0.25) is 4.79 Å². The highest BCUT2D eigenvalue weighted by Gasteiger charge is 2.67. The molecule has 3 aliphatic rings. The highest BCUT2D eigenvalue weighted by atomic mass is 16.5. The molecule has 5 rings (SSSR count). The third kappa shape index (κ3) is 3.87. The zero-order chi connectivity index (χ0) is 25.0. The highest BCUT2D eigenvalue weighted by Crippen LogP contribution is 2.54. The van der Waals surface area contributed by atoms with Gasteiger partial charge in [0.2, 0.25) is 5.91 Å². The van der Waals surface area contributed by atoms with Crippen LogP contribution in [0.15, 0.2) is 48.5 Å². The van der Waals surface area contributed by atoms with Crippen LogP contribution in [0, 0.1) is 11.3 Å².